The number of fused-ring (bicyclic) bond motifs is 1. The fraction of sp³-hybridized carbons (Fsp3) is 0.188. The van der Waals surface area contributed by atoms with Crippen molar-refractivity contribution in [3.8, 4) is 0 Å². The summed E-state index contributed by atoms with van der Waals surface area (Å²) in [5, 5.41) is 0.304. The number of methoxy groups -OCH3 is 1. The van der Waals surface area contributed by atoms with Crippen molar-refractivity contribution in [1.82, 2.24) is 4.57 Å². The second-order valence-corrected chi connectivity index (χ2v) is 5.36. The lowest BCUT2D eigenvalue weighted by Gasteiger charge is -2.10. The Bertz CT molecular complexity index is 866. The van der Waals surface area contributed by atoms with Crippen LogP contribution < -0.4 is 0 Å². The SMILES string of the molecule is COC(=O)c1cc2oc(C)cc2n1Cc1ccc(F)cc1Cl. The molecule has 0 radical (unpaired) electrons. The summed E-state index contributed by atoms with van der Waals surface area (Å²) in [5.74, 6) is -0.138. The number of carbonyl (C=O) groups is 1. The molecule has 1 aromatic carbocycles. The first-order valence-corrected chi connectivity index (χ1v) is 6.99. The molecule has 2 aromatic heterocycles. The van der Waals surface area contributed by atoms with E-state index in [9.17, 15) is 9.18 Å². The lowest BCUT2D eigenvalue weighted by molar-refractivity contribution is 0.0589. The number of esters is 1. The fourth-order valence-corrected chi connectivity index (χ4v) is 2.66. The van der Waals surface area contributed by atoms with Gasteiger partial charge in [0.15, 0.2) is 5.58 Å². The Labute approximate surface area is 131 Å². The predicted octanol–water partition coefficient (Wildman–Crippen LogP) is 4.17. The number of nitrogens with zero attached hydrogens (tertiary/aromatic N) is 1. The zero-order chi connectivity index (χ0) is 15.9. The first kappa shape index (κ1) is 14.7. The van der Waals surface area contributed by atoms with Gasteiger partial charge in [0.2, 0.25) is 0 Å². The molecule has 0 N–H and O–H groups in total. The van der Waals surface area contributed by atoms with Crippen LogP contribution in [0.3, 0.4) is 0 Å². The number of hydrogen-bond acceptors (Lipinski definition) is 3. The molecule has 0 aliphatic carbocycles. The Hall–Kier alpha value is -2.27. The molecule has 6 heteroatoms. The van der Waals surface area contributed by atoms with Crippen LogP contribution in [0.15, 0.2) is 34.7 Å². The molecule has 0 saturated heterocycles. The highest BCUT2D eigenvalue weighted by atomic mass is 35.5. The molecular formula is C16H13ClFNO3. The molecule has 114 valence electrons. The summed E-state index contributed by atoms with van der Waals surface area (Å²) < 4.78 is 25.3. The van der Waals surface area contributed by atoms with Crippen LogP contribution in [0.1, 0.15) is 21.8 Å². The van der Waals surface area contributed by atoms with Crippen molar-refractivity contribution in [3.63, 3.8) is 0 Å². The number of furan rings is 1. The molecule has 0 bridgehead atoms. The summed E-state index contributed by atoms with van der Waals surface area (Å²) in [6.45, 7) is 2.14. The zero-order valence-corrected chi connectivity index (χ0v) is 12.8. The van der Waals surface area contributed by atoms with Gasteiger partial charge in [0.1, 0.15) is 17.3 Å². The fourth-order valence-electron chi connectivity index (χ4n) is 2.43. The minimum atomic E-state index is -0.470. The Morgan fingerprint density at radius 2 is 2.14 bits per heavy atom. The highest BCUT2D eigenvalue weighted by Crippen LogP contribution is 2.27. The van der Waals surface area contributed by atoms with Crippen LogP contribution >= 0.6 is 11.6 Å². The van der Waals surface area contributed by atoms with Gasteiger partial charge in [0.25, 0.3) is 0 Å². The van der Waals surface area contributed by atoms with E-state index in [1.54, 1.807) is 16.7 Å². The largest absolute Gasteiger partial charge is 0.464 e. The maximum absolute atomic E-state index is 13.2. The zero-order valence-electron chi connectivity index (χ0n) is 12.0. The summed E-state index contributed by atoms with van der Waals surface area (Å²) in [6.07, 6.45) is 0. The molecule has 0 atom stereocenters. The van der Waals surface area contributed by atoms with E-state index in [2.05, 4.69) is 0 Å². The van der Waals surface area contributed by atoms with E-state index in [1.165, 1.54) is 19.2 Å². The van der Waals surface area contributed by atoms with E-state index in [4.69, 9.17) is 20.8 Å². The van der Waals surface area contributed by atoms with Gasteiger partial charge >= 0.3 is 5.97 Å². The number of carbonyl (C=O) groups excluding carboxylic acids is 1. The molecule has 3 rings (SSSR count). The van der Waals surface area contributed by atoms with Crippen LogP contribution in [0.2, 0.25) is 5.02 Å². The average Bonchev–Trinajstić information content (AvgIpc) is 2.98. The normalized spacial score (nSPS) is 11.1. The third-order valence-electron chi connectivity index (χ3n) is 3.45. The molecule has 0 aliphatic heterocycles. The van der Waals surface area contributed by atoms with Crippen LogP contribution in [0.4, 0.5) is 4.39 Å². The molecule has 2 heterocycles. The van der Waals surface area contributed by atoms with Gasteiger partial charge in [-0.25, -0.2) is 9.18 Å². The summed E-state index contributed by atoms with van der Waals surface area (Å²) in [6, 6.07) is 7.64. The van der Waals surface area contributed by atoms with Crippen LogP contribution in [-0.2, 0) is 11.3 Å². The van der Waals surface area contributed by atoms with E-state index in [1.807, 2.05) is 13.0 Å². The lowest BCUT2D eigenvalue weighted by Crippen LogP contribution is -2.11. The summed E-state index contributed by atoms with van der Waals surface area (Å²) in [5.41, 5.74) is 2.41. The maximum Gasteiger partial charge on any atom is 0.354 e. The second kappa shape index (κ2) is 5.50. The molecule has 0 aliphatic rings. The van der Waals surface area contributed by atoms with Crippen molar-refractivity contribution in [2.24, 2.45) is 0 Å². The number of rotatable bonds is 3. The first-order chi connectivity index (χ1) is 10.5. The van der Waals surface area contributed by atoms with Gasteiger partial charge in [-0.3, -0.25) is 0 Å². The standard InChI is InChI=1S/C16H13ClFNO3/c1-9-5-13-15(22-9)7-14(16(20)21-2)19(13)8-10-3-4-11(18)6-12(10)17/h3-7H,8H2,1-2H3. The van der Waals surface area contributed by atoms with Crippen molar-refractivity contribution in [2.45, 2.75) is 13.5 Å². The first-order valence-electron chi connectivity index (χ1n) is 6.61. The number of aromatic nitrogens is 1. The summed E-state index contributed by atoms with van der Waals surface area (Å²) in [7, 11) is 1.32. The summed E-state index contributed by atoms with van der Waals surface area (Å²) in [4.78, 5) is 11.9. The quantitative estimate of drug-likeness (QED) is 0.680. The highest BCUT2D eigenvalue weighted by Gasteiger charge is 2.19. The smallest absolute Gasteiger partial charge is 0.354 e. The topological polar surface area (TPSA) is 44.4 Å². The number of hydrogen-bond donors (Lipinski definition) is 0. The Kier molecular flexibility index (Phi) is 3.66. The van der Waals surface area contributed by atoms with Crippen LogP contribution in [-0.4, -0.2) is 17.6 Å². The van der Waals surface area contributed by atoms with Gasteiger partial charge in [0.05, 0.1) is 12.6 Å². The van der Waals surface area contributed by atoms with Gasteiger partial charge in [-0.15, -0.1) is 0 Å². The van der Waals surface area contributed by atoms with Crippen LogP contribution in [0.5, 0.6) is 0 Å². The van der Waals surface area contributed by atoms with Crippen molar-refractivity contribution < 1.29 is 18.3 Å². The van der Waals surface area contributed by atoms with E-state index >= 15 is 0 Å². The molecule has 22 heavy (non-hydrogen) atoms. The van der Waals surface area contributed by atoms with Crippen molar-refractivity contribution in [3.05, 3.63) is 58.2 Å². The van der Waals surface area contributed by atoms with E-state index in [-0.39, 0.29) is 0 Å². The van der Waals surface area contributed by atoms with Gasteiger partial charge in [-0.05, 0) is 24.6 Å². The van der Waals surface area contributed by atoms with Crippen LogP contribution in [0.25, 0.3) is 11.1 Å². The molecule has 0 fully saturated rings. The van der Waals surface area contributed by atoms with Crippen LogP contribution in [0, 0.1) is 12.7 Å². The number of benzene rings is 1. The number of aryl methyl sites for hydroxylation is 1. The van der Waals surface area contributed by atoms with Gasteiger partial charge in [-0.2, -0.15) is 0 Å². The van der Waals surface area contributed by atoms with Gasteiger partial charge in [-0.1, -0.05) is 17.7 Å². The lowest BCUT2D eigenvalue weighted by atomic mass is 10.2. The molecule has 0 spiro atoms. The van der Waals surface area contributed by atoms with Gasteiger partial charge < -0.3 is 13.7 Å². The molecule has 0 saturated carbocycles. The Morgan fingerprint density at radius 1 is 1.36 bits per heavy atom. The molecule has 3 aromatic rings. The molecule has 0 unspecified atom stereocenters. The van der Waals surface area contributed by atoms with Crippen molar-refractivity contribution in [2.75, 3.05) is 7.11 Å². The van der Waals surface area contributed by atoms with Crippen molar-refractivity contribution >= 4 is 28.7 Å². The second-order valence-electron chi connectivity index (χ2n) is 4.95. The highest BCUT2D eigenvalue weighted by molar-refractivity contribution is 6.31. The monoisotopic (exact) mass is 321 g/mol. The molecule has 4 nitrogen and oxygen atoms in total. The van der Waals surface area contributed by atoms with Gasteiger partial charge in [0, 0.05) is 23.7 Å². The number of halogens is 2. The minimum absolute atomic E-state index is 0.304. The predicted molar refractivity (Wildman–Crippen MR) is 80.8 cm³/mol. The Morgan fingerprint density at radius 3 is 2.82 bits per heavy atom. The average molecular weight is 322 g/mol. The number of ether oxygens (including phenoxy) is 1. The minimum Gasteiger partial charge on any atom is -0.464 e. The van der Waals surface area contributed by atoms with Crippen molar-refractivity contribution in [1.29, 1.82) is 0 Å². The maximum atomic E-state index is 13.2. The van der Waals surface area contributed by atoms with E-state index in [0.717, 1.165) is 11.3 Å². The molecule has 0 amide bonds. The Balaban J connectivity index is 2.12. The molecular weight excluding hydrogens is 309 g/mol. The third-order valence-corrected chi connectivity index (χ3v) is 3.80. The van der Waals surface area contributed by atoms with E-state index < -0.39 is 11.8 Å². The summed E-state index contributed by atoms with van der Waals surface area (Å²) >= 11 is 6.08. The third kappa shape index (κ3) is 2.48. The van der Waals surface area contributed by atoms with E-state index in [0.29, 0.717) is 28.4 Å².